The first-order valence-corrected chi connectivity index (χ1v) is 9.03. The van der Waals surface area contributed by atoms with Crippen molar-refractivity contribution in [3.63, 3.8) is 0 Å². The van der Waals surface area contributed by atoms with Crippen molar-refractivity contribution < 1.29 is 9.15 Å². The number of aryl methyl sites for hydroxylation is 2. The highest BCUT2D eigenvalue weighted by atomic mass is 32.2. The summed E-state index contributed by atoms with van der Waals surface area (Å²) in [5.41, 5.74) is 3.68. The summed E-state index contributed by atoms with van der Waals surface area (Å²) in [5.74, 6) is 2.62. The maximum absolute atomic E-state index is 5.58. The number of hydrogen-bond donors (Lipinski definition) is 0. The first-order valence-electron chi connectivity index (χ1n) is 8.05. The van der Waals surface area contributed by atoms with Crippen LogP contribution in [0.15, 0.2) is 46.2 Å². The lowest BCUT2D eigenvalue weighted by molar-refractivity contribution is 0.415. The van der Waals surface area contributed by atoms with Gasteiger partial charge in [0, 0.05) is 22.7 Å². The molecule has 8 heteroatoms. The van der Waals surface area contributed by atoms with Crippen molar-refractivity contribution in [3.8, 4) is 17.2 Å². The van der Waals surface area contributed by atoms with Gasteiger partial charge < -0.3 is 9.15 Å². The van der Waals surface area contributed by atoms with Gasteiger partial charge in [-0.2, -0.15) is 4.98 Å². The van der Waals surface area contributed by atoms with Crippen LogP contribution in [0.3, 0.4) is 0 Å². The highest BCUT2D eigenvalue weighted by molar-refractivity contribution is 7.98. The summed E-state index contributed by atoms with van der Waals surface area (Å²) in [6.07, 6.45) is 1.66. The SMILES string of the molecule is COc1ccc(-c2nc(CSc3nc4nc(C)cc(C)n4n3)co2)cc1. The third-order valence-corrected chi connectivity index (χ3v) is 4.71. The molecule has 4 aromatic rings. The Balaban J connectivity index is 1.48. The predicted molar refractivity (Wildman–Crippen MR) is 98.3 cm³/mol. The number of thioether (sulfide) groups is 1. The van der Waals surface area contributed by atoms with E-state index in [1.165, 1.54) is 11.8 Å². The highest BCUT2D eigenvalue weighted by Crippen LogP contribution is 2.25. The summed E-state index contributed by atoms with van der Waals surface area (Å²) in [7, 11) is 1.64. The zero-order chi connectivity index (χ0) is 18.1. The van der Waals surface area contributed by atoms with Crippen molar-refractivity contribution in [2.24, 2.45) is 0 Å². The van der Waals surface area contributed by atoms with Crippen molar-refractivity contribution >= 4 is 17.5 Å². The smallest absolute Gasteiger partial charge is 0.253 e. The van der Waals surface area contributed by atoms with Crippen molar-refractivity contribution in [1.29, 1.82) is 0 Å². The molecular formula is C18H17N5O2S. The van der Waals surface area contributed by atoms with Gasteiger partial charge in [0.1, 0.15) is 12.0 Å². The van der Waals surface area contributed by atoms with Crippen LogP contribution in [-0.4, -0.2) is 31.7 Å². The lowest BCUT2D eigenvalue weighted by Gasteiger charge is -1.99. The van der Waals surface area contributed by atoms with E-state index in [-0.39, 0.29) is 0 Å². The topological polar surface area (TPSA) is 78.3 Å². The lowest BCUT2D eigenvalue weighted by Crippen LogP contribution is -1.97. The standard InChI is InChI=1S/C18H17N5O2S/c1-11-8-12(2)23-17(19-11)21-18(22-23)26-10-14-9-25-16(20-14)13-4-6-15(24-3)7-5-13/h4-9H,10H2,1-3H3. The van der Waals surface area contributed by atoms with E-state index >= 15 is 0 Å². The molecule has 0 unspecified atom stereocenters. The van der Waals surface area contributed by atoms with E-state index in [0.29, 0.717) is 22.6 Å². The molecule has 0 aliphatic heterocycles. The number of oxazole rings is 1. The molecule has 1 aromatic carbocycles. The fraction of sp³-hybridized carbons (Fsp3) is 0.222. The second-order valence-electron chi connectivity index (χ2n) is 5.81. The molecule has 0 amide bonds. The molecule has 26 heavy (non-hydrogen) atoms. The van der Waals surface area contributed by atoms with Gasteiger partial charge in [-0.1, -0.05) is 11.8 Å². The van der Waals surface area contributed by atoms with Crippen LogP contribution < -0.4 is 4.74 Å². The average molecular weight is 367 g/mol. The minimum Gasteiger partial charge on any atom is -0.497 e. The largest absolute Gasteiger partial charge is 0.497 e. The molecule has 0 aliphatic rings. The first kappa shape index (κ1) is 16.6. The molecule has 3 aromatic heterocycles. The van der Waals surface area contributed by atoms with Gasteiger partial charge in [0.25, 0.3) is 5.78 Å². The van der Waals surface area contributed by atoms with Gasteiger partial charge in [-0.3, -0.25) is 0 Å². The van der Waals surface area contributed by atoms with E-state index in [0.717, 1.165) is 28.4 Å². The Morgan fingerprint density at radius 1 is 1.12 bits per heavy atom. The Bertz CT molecular complexity index is 1060. The van der Waals surface area contributed by atoms with Crippen LogP contribution in [0.5, 0.6) is 5.75 Å². The Hall–Kier alpha value is -2.87. The van der Waals surface area contributed by atoms with Crippen LogP contribution in [0, 0.1) is 13.8 Å². The van der Waals surface area contributed by atoms with Crippen LogP contribution in [0.4, 0.5) is 0 Å². The van der Waals surface area contributed by atoms with Crippen LogP contribution in [0.25, 0.3) is 17.2 Å². The molecule has 0 saturated carbocycles. The minimum atomic E-state index is 0.583. The van der Waals surface area contributed by atoms with Gasteiger partial charge in [-0.25, -0.2) is 14.5 Å². The minimum absolute atomic E-state index is 0.583. The Labute approximate surface area is 154 Å². The number of methoxy groups -OCH3 is 1. The van der Waals surface area contributed by atoms with Crippen molar-refractivity contribution in [3.05, 3.63) is 53.7 Å². The second-order valence-corrected chi connectivity index (χ2v) is 6.75. The number of hydrogen-bond acceptors (Lipinski definition) is 7. The van der Waals surface area contributed by atoms with Crippen LogP contribution in [-0.2, 0) is 5.75 Å². The first-order chi connectivity index (χ1) is 12.6. The maximum Gasteiger partial charge on any atom is 0.253 e. The van der Waals surface area contributed by atoms with Gasteiger partial charge in [0.15, 0.2) is 0 Å². The van der Waals surface area contributed by atoms with E-state index in [4.69, 9.17) is 9.15 Å². The van der Waals surface area contributed by atoms with Gasteiger partial charge in [-0.05, 0) is 44.2 Å². The third kappa shape index (κ3) is 3.28. The summed E-state index contributed by atoms with van der Waals surface area (Å²) in [5, 5.41) is 5.15. The molecular weight excluding hydrogens is 350 g/mol. The quantitative estimate of drug-likeness (QED) is 0.498. The second kappa shape index (κ2) is 6.80. The summed E-state index contributed by atoms with van der Waals surface area (Å²) in [6, 6.07) is 9.58. The molecule has 0 saturated heterocycles. The zero-order valence-corrected chi connectivity index (χ0v) is 15.4. The van der Waals surface area contributed by atoms with Gasteiger partial charge in [0.05, 0.1) is 12.8 Å². The number of benzene rings is 1. The normalized spacial score (nSPS) is 11.2. The summed E-state index contributed by atoms with van der Waals surface area (Å²) in [6.45, 7) is 3.94. The van der Waals surface area contributed by atoms with Crippen molar-refractivity contribution in [2.75, 3.05) is 7.11 Å². The summed E-state index contributed by atoms with van der Waals surface area (Å²) >= 11 is 1.50. The Kier molecular flexibility index (Phi) is 4.34. The highest BCUT2D eigenvalue weighted by Gasteiger charge is 2.11. The molecule has 0 atom stereocenters. The number of aromatic nitrogens is 5. The van der Waals surface area contributed by atoms with Crippen LogP contribution >= 0.6 is 11.8 Å². The zero-order valence-electron chi connectivity index (χ0n) is 14.6. The van der Waals surface area contributed by atoms with Crippen molar-refractivity contribution in [2.45, 2.75) is 24.8 Å². The number of ether oxygens (including phenoxy) is 1. The molecule has 132 valence electrons. The third-order valence-electron chi connectivity index (χ3n) is 3.84. The van der Waals surface area contributed by atoms with E-state index in [9.17, 15) is 0 Å². The Morgan fingerprint density at radius 3 is 2.69 bits per heavy atom. The fourth-order valence-corrected chi connectivity index (χ4v) is 3.28. The van der Waals surface area contributed by atoms with E-state index in [1.807, 2.05) is 44.2 Å². The molecule has 3 heterocycles. The molecule has 0 radical (unpaired) electrons. The van der Waals surface area contributed by atoms with Gasteiger partial charge >= 0.3 is 0 Å². The molecule has 0 bridgehead atoms. The van der Waals surface area contributed by atoms with Crippen molar-refractivity contribution in [1.82, 2.24) is 24.6 Å². The van der Waals surface area contributed by atoms with E-state index in [1.54, 1.807) is 17.9 Å². The van der Waals surface area contributed by atoms with Crippen LogP contribution in [0.2, 0.25) is 0 Å². The molecule has 7 nitrogen and oxygen atoms in total. The van der Waals surface area contributed by atoms with Gasteiger partial charge in [0.2, 0.25) is 11.0 Å². The van der Waals surface area contributed by atoms with Crippen LogP contribution in [0.1, 0.15) is 17.1 Å². The Morgan fingerprint density at radius 2 is 1.92 bits per heavy atom. The summed E-state index contributed by atoms with van der Waals surface area (Å²) < 4.78 is 12.5. The van der Waals surface area contributed by atoms with Gasteiger partial charge in [-0.15, -0.1) is 5.10 Å². The fourth-order valence-electron chi connectivity index (χ4n) is 2.59. The molecule has 0 aliphatic carbocycles. The van der Waals surface area contributed by atoms with E-state index < -0.39 is 0 Å². The number of rotatable bonds is 5. The average Bonchev–Trinajstić information content (AvgIpc) is 3.27. The molecule has 0 spiro atoms. The predicted octanol–water partition coefficient (Wildman–Crippen LogP) is 3.70. The number of nitrogens with zero attached hydrogens (tertiary/aromatic N) is 5. The lowest BCUT2D eigenvalue weighted by atomic mass is 10.2. The molecule has 4 rings (SSSR count). The molecule has 0 fully saturated rings. The van der Waals surface area contributed by atoms with E-state index in [2.05, 4.69) is 20.1 Å². The summed E-state index contributed by atoms with van der Waals surface area (Å²) in [4.78, 5) is 13.4. The molecule has 0 N–H and O–H groups in total. The maximum atomic E-state index is 5.58. The number of fused-ring (bicyclic) bond motifs is 1. The monoisotopic (exact) mass is 367 g/mol.